The van der Waals surface area contributed by atoms with Gasteiger partial charge in [0.25, 0.3) is 0 Å². The number of carbonyl (C=O) groups is 1. The van der Waals surface area contributed by atoms with Crippen molar-refractivity contribution < 1.29 is 13.9 Å². The Morgan fingerprint density at radius 2 is 1.92 bits per heavy atom. The number of carbonyl (C=O) groups excluding carboxylic acids is 1. The monoisotopic (exact) mass is 509 g/mol. The van der Waals surface area contributed by atoms with Gasteiger partial charge in [-0.05, 0) is 77.1 Å². The molecule has 3 aliphatic rings. The third-order valence-electron chi connectivity index (χ3n) is 8.35. The highest BCUT2D eigenvalue weighted by Crippen LogP contribution is 2.35. The van der Waals surface area contributed by atoms with Gasteiger partial charge < -0.3 is 19.9 Å². The Balaban J connectivity index is 1.26. The summed E-state index contributed by atoms with van der Waals surface area (Å²) in [6.07, 6.45) is 5.79. The Labute approximate surface area is 219 Å². The Morgan fingerprint density at radius 1 is 1.16 bits per heavy atom. The number of nitrogens with one attached hydrogen (secondary N) is 1. The van der Waals surface area contributed by atoms with Gasteiger partial charge in [0.1, 0.15) is 0 Å². The van der Waals surface area contributed by atoms with E-state index in [4.69, 9.17) is 9.72 Å². The molecule has 8 heteroatoms. The van der Waals surface area contributed by atoms with Crippen LogP contribution in [-0.4, -0.2) is 70.4 Å². The predicted octanol–water partition coefficient (Wildman–Crippen LogP) is 4.54. The number of hydrogen-bond acceptors (Lipinski definition) is 6. The van der Waals surface area contributed by atoms with Crippen molar-refractivity contribution in [1.29, 1.82) is 0 Å². The number of alkyl halides is 1. The molecule has 2 fully saturated rings. The van der Waals surface area contributed by atoms with E-state index in [0.717, 1.165) is 62.9 Å². The first-order valence-corrected chi connectivity index (χ1v) is 13.8. The molecule has 200 valence electrons. The van der Waals surface area contributed by atoms with E-state index in [9.17, 15) is 9.18 Å². The van der Waals surface area contributed by atoms with Crippen LogP contribution in [0.3, 0.4) is 0 Å². The first kappa shape index (κ1) is 26.0. The SMILES string of the molecule is CC(F)OC1CCC(Nc2ncc3c(n2)CN(C(=O)[C@H]2CCN(C)C[C@@H]2c2ccccc2)[C@H](C)C3)CC1. The molecular weight excluding hydrogens is 469 g/mol. The summed E-state index contributed by atoms with van der Waals surface area (Å²) in [5, 5.41) is 3.48. The van der Waals surface area contributed by atoms with E-state index >= 15 is 0 Å². The van der Waals surface area contributed by atoms with Crippen LogP contribution in [0.4, 0.5) is 10.3 Å². The third-order valence-corrected chi connectivity index (χ3v) is 8.35. The molecule has 1 N–H and O–H groups in total. The molecule has 1 aliphatic carbocycles. The standard InChI is InChI=1S/C29H40FN5O2/c1-19-15-22-16-31-29(32-23-9-11-24(12-10-23)37-20(2)30)33-27(22)18-35(19)28(36)25-13-14-34(3)17-26(25)21-7-5-4-6-8-21/h4-8,16,19-20,23-26H,9-15,17-18H2,1-3H3,(H,31,32,33)/t19-,20?,23?,24?,25+,26-/m1/s1. The molecule has 1 unspecified atom stereocenters. The van der Waals surface area contributed by atoms with Crippen LogP contribution in [0.25, 0.3) is 0 Å². The number of piperidine rings is 1. The Morgan fingerprint density at radius 3 is 2.65 bits per heavy atom. The molecule has 0 bridgehead atoms. The largest absolute Gasteiger partial charge is 0.351 e. The zero-order chi connectivity index (χ0) is 25.9. The highest BCUT2D eigenvalue weighted by molar-refractivity contribution is 5.80. The van der Waals surface area contributed by atoms with E-state index in [1.165, 1.54) is 12.5 Å². The highest BCUT2D eigenvalue weighted by Gasteiger charge is 2.39. The molecule has 1 saturated carbocycles. The van der Waals surface area contributed by atoms with Crippen molar-refractivity contribution in [2.24, 2.45) is 5.92 Å². The number of ether oxygens (including phenoxy) is 1. The van der Waals surface area contributed by atoms with Crippen LogP contribution in [0, 0.1) is 5.92 Å². The molecular formula is C29H40FN5O2. The van der Waals surface area contributed by atoms with Gasteiger partial charge in [-0.15, -0.1) is 0 Å². The molecule has 1 aromatic carbocycles. The number of aromatic nitrogens is 2. The molecule has 1 saturated heterocycles. The second-order valence-corrected chi connectivity index (χ2v) is 11.2. The van der Waals surface area contributed by atoms with Gasteiger partial charge in [-0.25, -0.2) is 14.4 Å². The van der Waals surface area contributed by atoms with Gasteiger partial charge in [0.2, 0.25) is 11.9 Å². The zero-order valence-corrected chi connectivity index (χ0v) is 22.3. The first-order valence-electron chi connectivity index (χ1n) is 13.8. The zero-order valence-electron chi connectivity index (χ0n) is 22.3. The summed E-state index contributed by atoms with van der Waals surface area (Å²) in [5.74, 6) is 1.04. The Bertz CT molecular complexity index is 1060. The fourth-order valence-electron chi connectivity index (χ4n) is 6.31. The molecule has 2 aromatic rings. The number of anilines is 1. The number of likely N-dealkylation sites (N-methyl/N-ethyl adjacent to an activating group) is 1. The Kier molecular flexibility index (Phi) is 8.05. The second-order valence-electron chi connectivity index (χ2n) is 11.2. The summed E-state index contributed by atoms with van der Waals surface area (Å²) in [4.78, 5) is 27.8. The number of fused-ring (bicyclic) bond motifs is 1. The predicted molar refractivity (Wildman–Crippen MR) is 142 cm³/mol. The van der Waals surface area contributed by atoms with E-state index in [0.29, 0.717) is 12.5 Å². The molecule has 5 rings (SSSR count). The number of nitrogens with zero attached hydrogens (tertiary/aromatic N) is 4. The van der Waals surface area contributed by atoms with Crippen LogP contribution in [-0.2, 0) is 22.5 Å². The third kappa shape index (κ3) is 6.12. The lowest BCUT2D eigenvalue weighted by Crippen LogP contribution is -2.50. The minimum atomic E-state index is -1.22. The van der Waals surface area contributed by atoms with Crippen molar-refractivity contribution in [3.05, 3.63) is 53.3 Å². The fraction of sp³-hybridized carbons (Fsp3) is 0.621. The van der Waals surface area contributed by atoms with Crippen LogP contribution >= 0.6 is 0 Å². The summed E-state index contributed by atoms with van der Waals surface area (Å²) >= 11 is 0. The number of halogens is 1. The van der Waals surface area contributed by atoms with E-state index in [-0.39, 0.29) is 35.9 Å². The van der Waals surface area contributed by atoms with Gasteiger partial charge in [0.05, 0.1) is 18.3 Å². The van der Waals surface area contributed by atoms with Gasteiger partial charge in [0.15, 0.2) is 6.36 Å². The van der Waals surface area contributed by atoms with Gasteiger partial charge in [-0.2, -0.15) is 0 Å². The Hall–Kier alpha value is -2.58. The first-order chi connectivity index (χ1) is 17.9. The molecule has 37 heavy (non-hydrogen) atoms. The lowest BCUT2D eigenvalue weighted by atomic mass is 9.79. The van der Waals surface area contributed by atoms with E-state index < -0.39 is 6.36 Å². The molecule has 7 nitrogen and oxygen atoms in total. The molecule has 1 amide bonds. The molecule has 3 heterocycles. The lowest BCUT2D eigenvalue weighted by Gasteiger charge is -2.42. The minimum Gasteiger partial charge on any atom is -0.351 e. The average molecular weight is 510 g/mol. The number of likely N-dealkylation sites (tertiary alicyclic amines) is 1. The van der Waals surface area contributed by atoms with E-state index in [1.54, 1.807) is 0 Å². The van der Waals surface area contributed by atoms with Crippen molar-refractivity contribution in [3.8, 4) is 0 Å². The molecule has 0 spiro atoms. The molecule has 2 aliphatic heterocycles. The van der Waals surface area contributed by atoms with Gasteiger partial charge in [-0.3, -0.25) is 4.79 Å². The molecule has 0 radical (unpaired) electrons. The van der Waals surface area contributed by atoms with Crippen LogP contribution < -0.4 is 5.32 Å². The van der Waals surface area contributed by atoms with Crippen molar-refractivity contribution in [3.63, 3.8) is 0 Å². The second kappa shape index (κ2) is 11.4. The number of hydrogen-bond donors (Lipinski definition) is 1. The number of rotatable bonds is 6. The average Bonchev–Trinajstić information content (AvgIpc) is 2.89. The highest BCUT2D eigenvalue weighted by atomic mass is 19.1. The van der Waals surface area contributed by atoms with Gasteiger partial charge in [-0.1, -0.05) is 30.3 Å². The lowest BCUT2D eigenvalue weighted by molar-refractivity contribution is -0.141. The normalized spacial score (nSPS) is 29.4. The van der Waals surface area contributed by atoms with Crippen molar-refractivity contribution in [2.45, 2.75) is 89.4 Å². The maximum absolute atomic E-state index is 14.0. The maximum Gasteiger partial charge on any atom is 0.227 e. The van der Waals surface area contributed by atoms with Crippen LogP contribution in [0.15, 0.2) is 36.5 Å². The quantitative estimate of drug-likeness (QED) is 0.617. The number of benzene rings is 1. The smallest absolute Gasteiger partial charge is 0.227 e. The molecule has 1 aromatic heterocycles. The van der Waals surface area contributed by atoms with Crippen molar-refractivity contribution in [2.75, 3.05) is 25.5 Å². The summed E-state index contributed by atoms with van der Waals surface area (Å²) in [5.41, 5.74) is 3.31. The summed E-state index contributed by atoms with van der Waals surface area (Å²) in [6, 6.07) is 10.8. The summed E-state index contributed by atoms with van der Waals surface area (Å²) < 4.78 is 18.5. The van der Waals surface area contributed by atoms with Crippen molar-refractivity contribution in [1.82, 2.24) is 19.8 Å². The van der Waals surface area contributed by atoms with E-state index in [2.05, 4.69) is 53.4 Å². The van der Waals surface area contributed by atoms with Crippen LogP contribution in [0.1, 0.15) is 68.7 Å². The number of amides is 1. The van der Waals surface area contributed by atoms with Crippen LogP contribution in [0.5, 0.6) is 0 Å². The van der Waals surface area contributed by atoms with Gasteiger partial charge in [0, 0.05) is 36.7 Å². The van der Waals surface area contributed by atoms with Crippen LogP contribution in [0.2, 0.25) is 0 Å². The summed E-state index contributed by atoms with van der Waals surface area (Å²) in [7, 11) is 2.14. The summed E-state index contributed by atoms with van der Waals surface area (Å²) in [6.45, 7) is 5.93. The minimum absolute atomic E-state index is 0.0113. The maximum atomic E-state index is 14.0. The molecule has 4 atom stereocenters. The van der Waals surface area contributed by atoms with Crippen molar-refractivity contribution >= 4 is 11.9 Å². The van der Waals surface area contributed by atoms with Gasteiger partial charge >= 0.3 is 0 Å². The van der Waals surface area contributed by atoms with E-state index in [1.807, 2.05) is 17.2 Å². The fourth-order valence-corrected chi connectivity index (χ4v) is 6.31. The topological polar surface area (TPSA) is 70.6 Å².